The van der Waals surface area contributed by atoms with Crippen LogP contribution in [0.25, 0.3) is 22.4 Å². The summed E-state index contributed by atoms with van der Waals surface area (Å²) >= 11 is 3.40. The van der Waals surface area contributed by atoms with Crippen molar-refractivity contribution in [1.82, 2.24) is 14.9 Å². The number of benzene rings is 2. The zero-order valence-electron chi connectivity index (χ0n) is 16.0. The molecule has 5 rings (SSSR count). The Labute approximate surface area is 180 Å². The normalized spacial score (nSPS) is 14.0. The summed E-state index contributed by atoms with van der Waals surface area (Å²) in [5, 5.41) is 0.548. The molecule has 1 aliphatic rings. The van der Waals surface area contributed by atoms with E-state index in [4.69, 9.17) is 4.42 Å². The molecular formula is C23H18BrN3O3. The maximum absolute atomic E-state index is 12.9. The van der Waals surface area contributed by atoms with Crippen molar-refractivity contribution in [3.05, 3.63) is 96.7 Å². The van der Waals surface area contributed by atoms with Crippen LogP contribution in [0.5, 0.6) is 0 Å². The molecule has 3 heterocycles. The number of fused-ring (bicyclic) bond motifs is 2. The Kier molecular flexibility index (Phi) is 4.84. The minimum atomic E-state index is -0.127. The number of rotatable bonds is 3. The average Bonchev–Trinajstić information content (AvgIpc) is 2.77. The molecule has 0 amide bonds. The van der Waals surface area contributed by atoms with E-state index in [-0.39, 0.29) is 11.0 Å². The average molecular weight is 464 g/mol. The van der Waals surface area contributed by atoms with Crippen LogP contribution in [-0.4, -0.2) is 21.4 Å². The number of hydrogen-bond acceptors (Lipinski definition) is 5. The van der Waals surface area contributed by atoms with Gasteiger partial charge < -0.3 is 9.40 Å². The van der Waals surface area contributed by atoms with Crippen LogP contribution in [0.15, 0.2) is 73.3 Å². The highest BCUT2D eigenvalue weighted by molar-refractivity contribution is 9.10. The molecule has 2 aromatic heterocycles. The number of hydrogen-bond donors (Lipinski definition) is 1. The van der Waals surface area contributed by atoms with Crippen molar-refractivity contribution in [2.75, 3.05) is 6.54 Å². The first-order chi connectivity index (χ1) is 14.6. The fraction of sp³-hybridized carbons (Fsp3) is 0.174. The lowest BCUT2D eigenvalue weighted by atomic mass is 10.1. The molecule has 0 saturated heterocycles. The van der Waals surface area contributed by atoms with Crippen LogP contribution in [0, 0.1) is 0 Å². The van der Waals surface area contributed by atoms with Crippen LogP contribution in [0.4, 0.5) is 0 Å². The summed E-state index contributed by atoms with van der Waals surface area (Å²) in [7, 11) is 0. The Hall–Kier alpha value is -3.03. The van der Waals surface area contributed by atoms with Crippen molar-refractivity contribution >= 4 is 26.9 Å². The van der Waals surface area contributed by atoms with Gasteiger partial charge in [0.15, 0.2) is 5.43 Å². The Morgan fingerprint density at radius 1 is 1.13 bits per heavy atom. The number of halogens is 1. The number of aromatic amines is 1. The summed E-state index contributed by atoms with van der Waals surface area (Å²) in [6, 6.07) is 15.0. The number of nitrogens with one attached hydrogen (secondary N) is 1. The third kappa shape index (κ3) is 3.51. The fourth-order valence-electron chi connectivity index (χ4n) is 3.84. The predicted molar refractivity (Wildman–Crippen MR) is 118 cm³/mol. The minimum Gasteiger partial charge on any atom is -0.464 e. The van der Waals surface area contributed by atoms with Gasteiger partial charge in [0.25, 0.3) is 5.56 Å². The van der Waals surface area contributed by atoms with E-state index in [0.717, 1.165) is 15.7 Å². The molecule has 0 radical (unpaired) electrons. The van der Waals surface area contributed by atoms with E-state index in [1.807, 2.05) is 36.4 Å². The lowest BCUT2D eigenvalue weighted by Crippen LogP contribution is -2.36. The number of H-pyrrole nitrogens is 1. The van der Waals surface area contributed by atoms with Crippen molar-refractivity contribution in [2.24, 2.45) is 0 Å². The molecule has 2 aromatic carbocycles. The molecule has 7 heteroatoms. The van der Waals surface area contributed by atoms with E-state index in [1.54, 1.807) is 12.1 Å². The van der Waals surface area contributed by atoms with Gasteiger partial charge in [-0.25, -0.2) is 4.98 Å². The zero-order chi connectivity index (χ0) is 20.7. The smallest absolute Gasteiger partial charge is 0.255 e. The van der Waals surface area contributed by atoms with Gasteiger partial charge in [-0.05, 0) is 18.2 Å². The molecule has 4 aromatic rings. The predicted octanol–water partition coefficient (Wildman–Crippen LogP) is 3.86. The Balaban J connectivity index is 1.43. The van der Waals surface area contributed by atoms with Gasteiger partial charge in [0.05, 0.1) is 22.9 Å². The topological polar surface area (TPSA) is 79.2 Å². The van der Waals surface area contributed by atoms with Gasteiger partial charge in [0, 0.05) is 41.7 Å². The van der Waals surface area contributed by atoms with Crippen molar-refractivity contribution in [3.63, 3.8) is 0 Å². The van der Waals surface area contributed by atoms with Crippen LogP contribution in [0.1, 0.15) is 16.8 Å². The highest BCUT2D eigenvalue weighted by Gasteiger charge is 2.22. The molecule has 1 N–H and O–H groups in total. The van der Waals surface area contributed by atoms with Crippen LogP contribution in [0.3, 0.4) is 0 Å². The lowest BCUT2D eigenvalue weighted by molar-refractivity contribution is 0.239. The van der Waals surface area contributed by atoms with Crippen molar-refractivity contribution in [1.29, 1.82) is 0 Å². The summed E-state index contributed by atoms with van der Waals surface area (Å²) in [5.41, 5.74) is 3.34. The van der Waals surface area contributed by atoms with Crippen molar-refractivity contribution < 1.29 is 4.42 Å². The monoisotopic (exact) mass is 463 g/mol. The second-order valence-corrected chi connectivity index (χ2v) is 8.31. The molecule has 0 bridgehead atoms. The molecule has 0 unspecified atom stereocenters. The highest BCUT2D eigenvalue weighted by atomic mass is 79.9. The van der Waals surface area contributed by atoms with Crippen LogP contribution < -0.4 is 11.0 Å². The largest absolute Gasteiger partial charge is 0.464 e. The molecule has 150 valence electrons. The van der Waals surface area contributed by atoms with E-state index >= 15 is 0 Å². The molecular weight excluding hydrogens is 446 g/mol. The molecule has 0 saturated carbocycles. The highest BCUT2D eigenvalue weighted by Crippen LogP contribution is 2.21. The Bertz CT molecular complexity index is 1360. The van der Waals surface area contributed by atoms with E-state index in [1.165, 1.54) is 6.26 Å². The van der Waals surface area contributed by atoms with E-state index in [0.29, 0.717) is 54.0 Å². The summed E-state index contributed by atoms with van der Waals surface area (Å²) in [5.74, 6) is 0.591. The quantitative estimate of drug-likeness (QED) is 0.498. The summed E-state index contributed by atoms with van der Waals surface area (Å²) in [4.78, 5) is 35.3. The maximum atomic E-state index is 12.9. The van der Waals surface area contributed by atoms with Gasteiger partial charge in [0.1, 0.15) is 11.4 Å². The molecule has 1 aliphatic heterocycles. The first-order valence-electron chi connectivity index (χ1n) is 9.68. The van der Waals surface area contributed by atoms with Gasteiger partial charge in [-0.15, -0.1) is 0 Å². The van der Waals surface area contributed by atoms with Gasteiger partial charge >= 0.3 is 0 Å². The van der Waals surface area contributed by atoms with E-state index in [2.05, 4.69) is 30.8 Å². The summed E-state index contributed by atoms with van der Waals surface area (Å²) < 4.78 is 6.48. The van der Waals surface area contributed by atoms with E-state index in [9.17, 15) is 9.59 Å². The lowest BCUT2D eigenvalue weighted by Gasteiger charge is -2.27. The van der Waals surface area contributed by atoms with Crippen molar-refractivity contribution in [3.8, 4) is 11.4 Å². The molecule has 30 heavy (non-hydrogen) atoms. The van der Waals surface area contributed by atoms with Crippen LogP contribution in [-0.2, 0) is 19.5 Å². The molecule has 0 spiro atoms. The number of aromatic nitrogens is 2. The molecule has 0 atom stereocenters. The minimum absolute atomic E-state index is 0.0465. The van der Waals surface area contributed by atoms with Gasteiger partial charge in [0.2, 0.25) is 0 Å². The van der Waals surface area contributed by atoms with Gasteiger partial charge in [-0.2, -0.15) is 0 Å². The fourth-order valence-corrected chi connectivity index (χ4v) is 4.20. The van der Waals surface area contributed by atoms with Gasteiger partial charge in [-0.3, -0.25) is 14.5 Å². The standard InChI is InChI=1S/C23H18BrN3O3/c24-16-6-7-20-17(10-16)21(28)15(13-30-20)11-27-9-8-19-18(12-27)23(29)26-22(25-19)14-4-2-1-3-5-14/h1-7,10,13H,8-9,11-12H2,(H,25,26,29). The van der Waals surface area contributed by atoms with Crippen LogP contribution >= 0.6 is 15.9 Å². The second kappa shape index (κ2) is 7.66. The number of nitrogens with zero attached hydrogens (tertiary/aromatic N) is 2. The molecule has 0 aliphatic carbocycles. The third-order valence-corrected chi connectivity index (χ3v) is 5.89. The SMILES string of the molecule is O=c1[nH]c(-c2ccccc2)nc2c1CN(Cc1coc3ccc(Br)cc3c1=O)CC2. The van der Waals surface area contributed by atoms with Crippen LogP contribution in [0.2, 0.25) is 0 Å². The summed E-state index contributed by atoms with van der Waals surface area (Å²) in [6.45, 7) is 1.58. The Morgan fingerprint density at radius 2 is 1.97 bits per heavy atom. The molecule has 0 fully saturated rings. The maximum Gasteiger partial charge on any atom is 0.255 e. The zero-order valence-corrected chi connectivity index (χ0v) is 17.6. The molecule has 6 nitrogen and oxygen atoms in total. The summed E-state index contributed by atoms with van der Waals surface area (Å²) in [6.07, 6.45) is 2.18. The second-order valence-electron chi connectivity index (χ2n) is 7.40. The Morgan fingerprint density at radius 3 is 2.80 bits per heavy atom. The third-order valence-electron chi connectivity index (χ3n) is 5.39. The van der Waals surface area contributed by atoms with E-state index < -0.39 is 0 Å². The van der Waals surface area contributed by atoms with Crippen molar-refractivity contribution in [2.45, 2.75) is 19.5 Å². The first-order valence-corrected chi connectivity index (χ1v) is 10.5. The van der Waals surface area contributed by atoms with Gasteiger partial charge in [-0.1, -0.05) is 46.3 Å². The first kappa shape index (κ1) is 19.0.